The zero-order valence-corrected chi connectivity index (χ0v) is 15.5. The lowest BCUT2D eigenvalue weighted by molar-refractivity contribution is 0.0781. The predicted octanol–water partition coefficient (Wildman–Crippen LogP) is 1.92. The first-order valence-corrected chi connectivity index (χ1v) is 8.77. The Balaban J connectivity index is 0.00000196. The standard InChI is InChI=1S/C18H22N4O3.ClH/c1-2-17-20-16(21-25-17)11-24-15-5-3-12(4-6-15)18(23)22-9-13-7-19-8-14(13)10-22;/h3-6,13-14,19H,2,7-11H2,1H3;1H/t13-,14+;. The molecule has 2 aliphatic heterocycles. The van der Waals surface area contributed by atoms with Crippen LogP contribution in [0.2, 0.25) is 0 Å². The second kappa shape index (κ2) is 8.05. The van der Waals surface area contributed by atoms with Crippen LogP contribution in [0.15, 0.2) is 28.8 Å². The predicted molar refractivity (Wildman–Crippen MR) is 97.5 cm³/mol. The highest BCUT2D eigenvalue weighted by Crippen LogP contribution is 2.27. The number of nitrogens with zero attached hydrogens (tertiary/aromatic N) is 3. The van der Waals surface area contributed by atoms with E-state index in [1.54, 1.807) is 0 Å². The summed E-state index contributed by atoms with van der Waals surface area (Å²) in [7, 11) is 0. The van der Waals surface area contributed by atoms with E-state index in [9.17, 15) is 4.79 Å². The molecule has 2 fully saturated rings. The van der Waals surface area contributed by atoms with Crippen LogP contribution in [0.5, 0.6) is 5.75 Å². The van der Waals surface area contributed by atoms with Crippen LogP contribution in [0.4, 0.5) is 0 Å². The minimum absolute atomic E-state index is 0. The molecule has 2 saturated heterocycles. The number of hydrogen-bond acceptors (Lipinski definition) is 6. The van der Waals surface area contributed by atoms with Crippen molar-refractivity contribution < 1.29 is 14.1 Å². The van der Waals surface area contributed by atoms with E-state index < -0.39 is 0 Å². The molecule has 4 rings (SSSR count). The van der Waals surface area contributed by atoms with E-state index in [4.69, 9.17) is 9.26 Å². The van der Waals surface area contributed by atoms with Crippen molar-refractivity contribution in [1.82, 2.24) is 20.4 Å². The Morgan fingerprint density at radius 1 is 1.27 bits per heavy atom. The van der Waals surface area contributed by atoms with Gasteiger partial charge in [-0.25, -0.2) is 0 Å². The monoisotopic (exact) mass is 378 g/mol. The van der Waals surface area contributed by atoms with Gasteiger partial charge in [0.05, 0.1) is 0 Å². The average Bonchev–Trinajstić information content (AvgIpc) is 3.35. The average molecular weight is 379 g/mol. The molecule has 0 bridgehead atoms. The summed E-state index contributed by atoms with van der Waals surface area (Å²) in [5, 5.41) is 7.24. The maximum atomic E-state index is 12.6. The van der Waals surface area contributed by atoms with Crippen LogP contribution in [0, 0.1) is 11.8 Å². The summed E-state index contributed by atoms with van der Waals surface area (Å²) in [6.07, 6.45) is 0.706. The number of ether oxygens (including phenoxy) is 1. The number of fused-ring (bicyclic) bond motifs is 1. The zero-order chi connectivity index (χ0) is 17.2. The molecule has 26 heavy (non-hydrogen) atoms. The summed E-state index contributed by atoms with van der Waals surface area (Å²) < 4.78 is 10.7. The lowest BCUT2D eigenvalue weighted by Crippen LogP contribution is -2.31. The fraction of sp³-hybridized carbons (Fsp3) is 0.500. The van der Waals surface area contributed by atoms with Crippen molar-refractivity contribution in [2.75, 3.05) is 26.2 Å². The van der Waals surface area contributed by atoms with Crippen molar-refractivity contribution in [3.05, 3.63) is 41.5 Å². The maximum absolute atomic E-state index is 12.6. The summed E-state index contributed by atoms with van der Waals surface area (Å²) >= 11 is 0. The van der Waals surface area contributed by atoms with Crippen LogP contribution in [-0.4, -0.2) is 47.1 Å². The molecule has 0 unspecified atom stereocenters. The van der Waals surface area contributed by atoms with Gasteiger partial charge < -0.3 is 19.5 Å². The molecule has 140 valence electrons. The molecule has 3 heterocycles. The number of benzene rings is 1. The van der Waals surface area contributed by atoms with Crippen molar-refractivity contribution in [2.45, 2.75) is 20.0 Å². The van der Waals surface area contributed by atoms with Gasteiger partial charge in [0.15, 0.2) is 6.61 Å². The van der Waals surface area contributed by atoms with Gasteiger partial charge >= 0.3 is 0 Å². The van der Waals surface area contributed by atoms with Crippen molar-refractivity contribution in [3.8, 4) is 5.75 Å². The van der Waals surface area contributed by atoms with E-state index in [0.717, 1.165) is 26.2 Å². The second-order valence-electron chi connectivity index (χ2n) is 6.66. The van der Waals surface area contributed by atoms with Gasteiger partial charge in [-0.05, 0) is 36.1 Å². The van der Waals surface area contributed by atoms with Crippen LogP contribution in [0.25, 0.3) is 0 Å². The Hall–Kier alpha value is -2.12. The van der Waals surface area contributed by atoms with Crippen LogP contribution in [0.1, 0.15) is 29.0 Å². The Bertz CT molecular complexity index is 737. The summed E-state index contributed by atoms with van der Waals surface area (Å²) in [6, 6.07) is 7.26. The Labute approximate surface area is 158 Å². The largest absolute Gasteiger partial charge is 0.485 e. The van der Waals surface area contributed by atoms with Gasteiger partial charge in [-0.15, -0.1) is 12.4 Å². The lowest BCUT2D eigenvalue weighted by atomic mass is 10.0. The summed E-state index contributed by atoms with van der Waals surface area (Å²) in [6.45, 7) is 5.96. The Morgan fingerprint density at radius 3 is 2.58 bits per heavy atom. The molecule has 0 spiro atoms. The molecular weight excluding hydrogens is 356 g/mol. The number of hydrogen-bond donors (Lipinski definition) is 1. The number of likely N-dealkylation sites (tertiary alicyclic amines) is 1. The van der Waals surface area contributed by atoms with Crippen LogP contribution in [0.3, 0.4) is 0 Å². The first-order valence-electron chi connectivity index (χ1n) is 8.77. The van der Waals surface area contributed by atoms with E-state index in [2.05, 4.69) is 15.5 Å². The quantitative estimate of drug-likeness (QED) is 0.856. The highest BCUT2D eigenvalue weighted by atomic mass is 35.5. The summed E-state index contributed by atoms with van der Waals surface area (Å²) in [5.41, 5.74) is 0.702. The highest BCUT2D eigenvalue weighted by molar-refractivity contribution is 5.94. The minimum atomic E-state index is 0. The molecule has 0 aliphatic carbocycles. The number of nitrogens with one attached hydrogen (secondary N) is 1. The van der Waals surface area contributed by atoms with Gasteiger partial charge in [0.2, 0.25) is 11.7 Å². The van der Waals surface area contributed by atoms with E-state index in [-0.39, 0.29) is 24.9 Å². The molecule has 1 aromatic heterocycles. The SMILES string of the molecule is CCc1nc(COc2ccc(C(=O)N3C[C@H]4CNC[C@H]4C3)cc2)no1.Cl. The lowest BCUT2D eigenvalue weighted by Gasteiger charge is -2.17. The van der Waals surface area contributed by atoms with Gasteiger partial charge in [-0.1, -0.05) is 12.1 Å². The second-order valence-corrected chi connectivity index (χ2v) is 6.66. The first-order chi connectivity index (χ1) is 12.2. The Kier molecular flexibility index (Phi) is 5.78. The summed E-state index contributed by atoms with van der Waals surface area (Å²) in [4.78, 5) is 18.8. The number of aromatic nitrogens is 2. The highest BCUT2D eigenvalue weighted by Gasteiger charge is 2.38. The molecule has 7 nitrogen and oxygen atoms in total. The van der Waals surface area contributed by atoms with Crippen molar-refractivity contribution >= 4 is 18.3 Å². The van der Waals surface area contributed by atoms with Crippen molar-refractivity contribution in [2.24, 2.45) is 11.8 Å². The van der Waals surface area contributed by atoms with Gasteiger partial charge in [0.25, 0.3) is 5.91 Å². The van der Waals surface area contributed by atoms with Crippen molar-refractivity contribution in [1.29, 1.82) is 0 Å². The van der Waals surface area contributed by atoms with E-state index in [1.165, 1.54) is 0 Å². The van der Waals surface area contributed by atoms with E-state index >= 15 is 0 Å². The molecular formula is C18H23ClN4O3. The van der Waals surface area contributed by atoms with Crippen LogP contribution >= 0.6 is 12.4 Å². The van der Waals surface area contributed by atoms with Gasteiger partial charge in [-0.3, -0.25) is 4.79 Å². The van der Waals surface area contributed by atoms with E-state index in [0.29, 0.717) is 41.3 Å². The van der Waals surface area contributed by atoms with Gasteiger partial charge in [-0.2, -0.15) is 4.98 Å². The number of rotatable bonds is 5. The molecule has 1 N–H and O–H groups in total. The smallest absolute Gasteiger partial charge is 0.253 e. The number of carbonyl (C=O) groups excluding carboxylic acids is 1. The fourth-order valence-electron chi connectivity index (χ4n) is 3.54. The fourth-order valence-corrected chi connectivity index (χ4v) is 3.54. The van der Waals surface area contributed by atoms with E-state index in [1.807, 2.05) is 36.1 Å². The maximum Gasteiger partial charge on any atom is 0.253 e. The normalized spacial score (nSPS) is 21.3. The first kappa shape index (κ1) is 18.7. The van der Waals surface area contributed by atoms with Gasteiger partial charge in [0, 0.05) is 38.2 Å². The third-order valence-corrected chi connectivity index (χ3v) is 4.96. The molecule has 2 atom stereocenters. The van der Waals surface area contributed by atoms with Gasteiger partial charge in [0.1, 0.15) is 5.75 Å². The van der Waals surface area contributed by atoms with Crippen LogP contribution in [-0.2, 0) is 13.0 Å². The molecule has 2 aliphatic rings. The van der Waals surface area contributed by atoms with Crippen molar-refractivity contribution in [3.63, 3.8) is 0 Å². The third kappa shape index (κ3) is 3.83. The number of carbonyl (C=O) groups is 1. The number of halogens is 1. The Morgan fingerprint density at radius 2 is 1.96 bits per heavy atom. The third-order valence-electron chi connectivity index (χ3n) is 4.96. The summed E-state index contributed by atoms with van der Waals surface area (Å²) in [5.74, 6) is 3.12. The number of amides is 1. The molecule has 1 aromatic carbocycles. The van der Waals surface area contributed by atoms with Crippen LogP contribution < -0.4 is 10.1 Å². The molecule has 0 saturated carbocycles. The number of aryl methyl sites for hydroxylation is 1. The molecule has 1 amide bonds. The zero-order valence-electron chi connectivity index (χ0n) is 14.7. The molecule has 2 aromatic rings. The minimum Gasteiger partial charge on any atom is -0.485 e. The molecule has 8 heteroatoms. The topological polar surface area (TPSA) is 80.5 Å². The molecule has 0 radical (unpaired) electrons.